The molecule has 0 spiro atoms. The first kappa shape index (κ1) is 16.3. The van der Waals surface area contributed by atoms with E-state index >= 15 is 0 Å². The maximum Gasteiger partial charge on any atom is 0.302 e. The van der Waals surface area contributed by atoms with E-state index in [1.807, 2.05) is 6.08 Å². The van der Waals surface area contributed by atoms with E-state index in [1.165, 1.54) is 13.3 Å². The molecule has 3 atom stereocenters. The van der Waals surface area contributed by atoms with Crippen LogP contribution in [0, 0.1) is 22.7 Å². The fourth-order valence-corrected chi connectivity index (χ4v) is 5.00. The summed E-state index contributed by atoms with van der Waals surface area (Å²) in [6, 6.07) is 0. The highest BCUT2D eigenvalue weighted by molar-refractivity contribution is 5.94. The molecule has 3 nitrogen and oxygen atoms in total. The third-order valence-corrected chi connectivity index (χ3v) is 5.69. The van der Waals surface area contributed by atoms with E-state index in [1.54, 1.807) is 0 Å². The summed E-state index contributed by atoms with van der Waals surface area (Å²) >= 11 is 0. The molecule has 2 rings (SSSR count). The molecule has 21 heavy (non-hydrogen) atoms. The highest BCUT2D eigenvalue weighted by Gasteiger charge is 2.55. The van der Waals surface area contributed by atoms with E-state index in [4.69, 9.17) is 4.74 Å². The van der Waals surface area contributed by atoms with Crippen molar-refractivity contribution in [3.8, 4) is 0 Å². The number of rotatable bonds is 3. The second-order valence-electron chi connectivity index (χ2n) is 7.75. The molecular weight excluding hydrogens is 264 g/mol. The number of ether oxygens (including phenoxy) is 1. The molecule has 0 aromatic carbocycles. The van der Waals surface area contributed by atoms with Crippen LogP contribution < -0.4 is 0 Å². The van der Waals surface area contributed by atoms with E-state index in [-0.39, 0.29) is 22.7 Å². The molecule has 0 amide bonds. The topological polar surface area (TPSA) is 43.4 Å². The maximum absolute atomic E-state index is 12.6. The Hall–Kier alpha value is -1.12. The third kappa shape index (κ3) is 2.93. The Bertz CT molecular complexity index is 475. The number of allylic oxidation sites excluding steroid dienone is 2. The standard InChI is InChI=1S/C18H28O3/c1-12-11-15(20)16-17(3,4)8-6-9-18(16,5)14(12)7-10-21-13(2)19/h11,14,16H,6-10H2,1-5H3/t14-,16-,18+/m0/s1. The van der Waals surface area contributed by atoms with Crippen LogP contribution in [-0.2, 0) is 14.3 Å². The average molecular weight is 292 g/mol. The zero-order valence-corrected chi connectivity index (χ0v) is 14.0. The summed E-state index contributed by atoms with van der Waals surface area (Å²) < 4.78 is 5.15. The van der Waals surface area contributed by atoms with E-state index in [2.05, 4.69) is 27.7 Å². The molecule has 0 heterocycles. The quantitative estimate of drug-likeness (QED) is 0.741. The van der Waals surface area contributed by atoms with Gasteiger partial charge in [-0.05, 0) is 49.0 Å². The van der Waals surface area contributed by atoms with Gasteiger partial charge in [0.15, 0.2) is 5.78 Å². The van der Waals surface area contributed by atoms with Crippen LogP contribution in [0.3, 0.4) is 0 Å². The first-order valence-corrected chi connectivity index (χ1v) is 8.04. The van der Waals surface area contributed by atoms with Gasteiger partial charge in [-0.15, -0.1) is 0 Å². The Balaban J connectivity index is 2.29. The fourth-order valence-electron chi connectivity index (χ4n) is 5.00. The molecule has 1 saturated carbocycles. The molecule has 0 N–H and O–H groups in total. The number of carbonyl (C=O) groups excluding carboxylic acids is 2. The van der Waals surface area contributed by atoms with Gasteiger partial charge in [-0.3, -0.25) is 9.59 Å². The zero-order valence-electron chi connectivity index (χ0n) is 14.0. The highest BCUT2D eigenvalue weighted by Crippen LogP contribution is 2.59. The van der Waals surface area contributed by atoms with Crippen molar-refractivity contribution in [3.63, 3.8) is 0 Å². The smallest absolute Gasteiger partial charge is 0.302 e. The van der Waals surface area contributed by atoms with Crippen LogP contribution in [0.1, 0.15) is 60.3 Å². The lowest BCUT2D eigenvalue weighted by Crippen LogP contribution is -2.52. The first-order chi connectivity index (χ1) is 9.68. The fraction of sp³-hybridized carbons (Fsp3) is 0.778. The van der Waals surface area contributed by atoms with Gasteiger partial charge < -0.3 is 4.74 Å². The summed E-state index contributed by atoms with van der Waals surface area (Å²) in [7, 11) is 0. The van der Waals surface area contributed by atoms with Crippen molar-refractivity contribution in [2.75, 3.05) is 6.61 Å². The molecule has 0 unspecified atom stereocenters. The van der Waals surface area contributed by atoms with Gasteiger partial charge in [0.05, 0.1) is 6.61 Å². The minimum absolute atomic E-state index is 0.00217. The molecule has 0 radical (unpaired) electrons. The van der Waals surface area contributed by atoms with Crippen LogP contribution in [0.5, 0.6) is 0 Å². The Morgan fingerprint density at radius 2 is 2.00 bits per heavy atom. The van der Waals surface area contributed by atoms with Gasteiger partial charge in [-0.25, -0.2) is 0 Å². The lowest BCUT2D eigenvalue weighted by molar-refractivity contribution is -0.144. The van der Waals surface area contributed by atoms with Gasteiger partial charge in [0.2, 0.25) is 0 Å². The summed E-state index contributed by atoms with van der Waals surface area (Å²) in [6.45, 7) is 10.7. The monoisotopic (exact) mass is 292 g/mol. The van der Waals surface area contributed by atoms with Gasteiger partial charge in [0.25, 0.3) is 0 Å². The van der Waals surface area contributed by atoms with Crippen LogP contribution in [0.15, 0.2) is 11.6 Å². The van der Waals surface area contributed by atoms with Crippen molar-refractivity contribution in [2.45, 2.75) is 60.3 Å². The third-order valence-electron chi connectivity index (χ3n) is 5.69. The van der Waals surface area contributed by atoms with Crippen LogP contribution in [0.25, 0.3) is 0 Å². The number of hydrogen-bond donors (Lipinski definition) is 0. The average Bonchev–Trinajstić information content (AvgIpc) is 2.30. The molecular formula is C18H28O3. The van der Waals surface area contributed by atoms with Crippen LogP contribution in [0.4, 0.5) is 0 Å². The summed E-state index contributed by atoms with van der Waals surface area (Å²) in [6.07, 6.45) is 6.03. The van der Waals surface area contributed by atoms with Crippen LogP contribution >= 0.6 is 0 Å². The van der Waals surface area contributed by atoms with E-state index in [9.17, 15) is 9.59 Å². The molecule has 0 saturated heterocycles. The summed E-state index contributed by atoms with van der Waals surface area (Å²) in [5.74, 6) is 0.488. The first-order valence-electron chi connectivity index (χ1n) is 8.04. The van der Waals surface area contributed by atoms with Crippen LogP contribution in [0.2, 0.25) is 0 Å². The molecule has 0 bridgehead atoms. The molecule has 0 aromatic heterocycles. The summed E-state index contributed by atoms with van der Waals surface area (Å²) in [5, 5.41) is 0. The predicted octanol–water partition coefficient (Wildman–Crippen LogP) is 3.92. The Morgan fingerprint density at radius 1 is 1.33 bits per heavy atom. The van der Waals surface area contributed by atoms with Crippen molar-refractivity contribution >= 4 is 11.8 Å². The Kier molecular flexibility index (Phi) is 4.32. The number of carbonyl (C=O) groups is 2. The molecule has 0 aromatic rings. The van der Waals surface area contributed by atoms with Gasteiger partial charge in [-0.1, -0.05) is 32.8 Å². The molecule has 118 valence electrons. The minimum atomic E-state index is -0.228. The van der Waals surface area contributed by atoms with Crippen molar-refractivity contribution in [3.05, 3.63) is 11.6 Å². The lowest BCUT2D eigenvalue weighted by Gasteiger charge is -2.55. The Labute approximate surface area is 128 Å². The molecule has 0 aliphatic heterocycles. The number of hydrogen-bond acceptors (Lipinski definition) is 3. The molecule has 2 aliphatic carbocycles. The number of fused-ring (bicyclic) bond motifs is 1. The molecule has 1 fully saturated rings. The van der Waals surface area contributed by atoms with E-state index in [0.717, 1.165) is 24.8 Å². The van der Waals surface area contributed by atoms with Crippen molar-refractivity contribution in [1.29, 1.82) is 0 Å². The van der Waals surface area contributed by atoms with Crippen LogP contribution in [-0.4, -0.2) is 18.4 Å². The largest absolute Gasteiger partial charge is 0.466 e. The van der Waals surface area contributed by atoms with Crippen molar-refractivity contribution in [2.24, 2.45) is 22.7 Å². The lowest BCUT2D eigenvalue weighted by atomic mass is 9.48. The number of esters is 1. The zero-order chi connectivity index (χ0) is 15.8. The molecule has 3 heteroatoms. The Morgan fingerprint density at radius 3 is 2.62 bits per heavy atom. The van der Waals surface area contributed by atoms with Crippen molar-refractivity contribution in [1.82, 2.24) is 0 Å². The second kappa shape index (κ2) is 5.58. The van der Waals surface area contributed by atoms with E-state index < -0.39 is 0 Å². The minimum Gasteiger partial charge on any atom is -0.466 e. The normalized spacial score (nSPS) is 34.9. The SMILES string of the molecule is CC(=O)OCC[C@H]1C(C)=CC(=O)[C@H]2C(C)(C)CCC[C@]12C. The number of ketones is 1. The van der Waals surface area contributed by atoms with Crippen molar-refractivity contribution < 1.29 is 14.3 Å². The predicted molar refractivity (Wildman–Crippen MR) is 82.7 cm³/mol. The van der Waals surface area contributed by atoms with Gasteiger partial charge in [0, 0.05) is 12.8 Å². The van der Waals surface area contributed by atoms with Gasteiger partial charge in [-0.2, -0.15) is 0 Å². The highest BCUT2D eigenvalue weighted by atomic mass is 16.5. The summed E-state index contributed by atoms with van der Waals surface area (Å²) in [5.41, 5.74) is 1.21. The van der Waals surface area contributed by atoms with Gasteiger partial charge >= 0.3 is 5.97 Å². The maximum atomic E-state index is 12.6. The van der Waals surface area contributed by atoms with E-state index in [0.29, 0.717) is 18.3 Å². The second-order valence-corrected chi connectivity index (χ2v) is 7.75. The molecule has 2 aliphatic rings. The summed E-state index contributed by atoms with van der Waals surface area (Å²) in [4.78, 5) is 23.6. The van der Waals surface area contributed by atoms with Gasteiger partial charge in [0.1, 0.15) is 0 Å².